The minimum absolute atomic E-state index is 0.0691. The summed E-state index contributed by atoms with van der Waals surface area (Å²) in [6.45, 7) is 44.0. The van der Waals surface area contributed by atoms with E-state index in [1.807, 2.05) is 24.3 Å². The minimum atomic E-state index is -0.454. The number of phenolic OH excluding ortho intramolecular Hbond substituents is 2. The van der Waals surface area contributed by atoms with Crippen LogP contribution < -0.4 is 18.9 Å². The molecule has 10 aliphatic rings. The zero-order valence-corrected chi connectivity index (χ0v) is 89.4. The molecule has 0 aromatic heterocycles. The first-order valence-electron chi connectivity index (χ1n) is 55.4. The van der Waals surface area contributed by atoms with Crippen molar-refractivity contribution in [3.8, 4) is 45.6 Å². The molecule has 0 saturated heterocycles. The van der Waals surface area contributed by atoms with Gasteiger partial charge in [0.1, 0.15) is 40.6 Å². The van der Waals surface area contributed by atoms with Crippen LogP contribution in [0.4, 0.5) is 0 Å². The van der Waals surface area contributed by atoms with Gasteiger partial charge in [-0.25, -0.2) is 0 Å². The van der Waals surface area contributed by atoms with Gasteiger partial charge in [0.2, 0.25) is 18.9 Å². The van der Waals surface area contributed by atoms with Gasteiger partial charge in [0.25, 0.3) is 0 Å². The third kappa shape index (κ3) is 30.0. The average Bonchev–Trinajstić information content (AvgIpc) is 0.950. The number of rotatable bonds is 37. The molecule has 140 heavy (non-hydrogen) atoms. The highest BCUT2D eigenvalue weighted by Gasteiger charge is 2.56. The number of benzene rings is 10. The summed E-state index contributed by atoms with van der Waals surface area (Å²) in [7, 11) is 0. The molecule has 10 unspecified atom stereocenters. The fourth-order valence-corrected chi connectivity index (χ4v) is 24.5. The van der Waals surface area contributed by atoms with Crippen molar-refractivity contribution >= 4 is 0 Å². The van der Waals surface area contributed by atoms with Gasteiger partial charge in [-0.15, -0.1) is 0 Å². The van der Waals surface area contributed by atoms with Crippen molar-refractivity contribution < 1.29 is 43.4 Å². The average molecular weight is 1900 g/mol. The second-order valence-corrected chi connectivity index (χ2v) is 45.7. The number of aromatic hydroxyl groups is 2. The van der Waals surface area contributed by atoms with Gasteiger partial charge < -0.3 is 43.4 Å². The third-order valence-electron chi connectivity index (χ3n) is 33.6. The monoisotopic (exact) mass is 1900 g/mol. The summed E-state index contributed by atoms with van der Waals surface area (Å²) in [5, 5.41) is 18.0. The Hall–Kier alpha value is -9.12. The van der Waals surface area contributed by atoms with Crippen molar-refractivity contribution in [3.05, 3.63) is 310 Å². The summed E-state index contributed by atoms with van der Waals surface area (Å²) in [4.78, 5) is 0. The molecule has 20 rings (SSSR count). The fraction of sp³-hybridized carbons (Fsp3) is 0.542. The number of ether oxygens (including phenoxy) is 7. The van der Waals surface area contributed by atoms with E-state index in [-0.39, 0.29) is 34.7 Å². The van der Waals surface area contributed by atoms with Crippen LogP contribution in [0.1, 0.15) is 396 Å². The molecule has 10 aliphatic carbocycles. The molecule has 9 saturated carbocycles. The molecule has 2 N–H and O–H groups in total. The van der Waals surface area contributed by atoms with E-state index in [1.165, 1.54) is 202 Å². The van der Waals surface area contributed by atoms with E-state index in [1.54, 1.807) is 24.3 Å². The van der Waals surface area contributed by atoms with Crippen LogP contribution in [0.25, 0.3) is 11.1 Å². The van der Waals surface area contributed by atoms with Gasteiger partial charge in [-0.1, -0.05) is 326 Å². The van der Waals surface area contributed by atoms with Gasteiger partial charge in [0.05, 0.1) is 12.7 Å². The van der Waals surface area contributed by atoms with Crippen LogP contribution in [0.5, 0.6) is 34.5 Å². The number of hydrogen-bond donors (Lipinski definition) is 2. The number of fused-ring (bicyclic) bond motifs is 3. The third-order valence-corrected chi connectivity index (χ3v) is 33.6. The van der Waals surface area contributed by atoms with E-state index in [4.69, 9.17) is 43.4 Å². The minimum Gasteiger partial charge on any atom is -0.508 e. The molecule has 9 fully saturated rings. The highest BCUT2D eigenvalue weighted by atomic mass is 16.7. The van der Waals surface area contributed by atoms with E-state index in [0.29, 0.717) is 72.2 Å². The molecule has 10 atom stereocenters. The smallest absolute Gasteiger partial charge is 0.205 e. The quantitative estimate of drug-likeness (QED) is 0.0368. The lowest BCUT2D eigenvalue weighted by molar-refractivity contribution is -0.213. The Morgan fingerprint density at radius 1 is 0.343 bits per heavy atom. The fourth-order valence-electron chi connectivity index (χ4n) is 24.5. The van der Waals surface area contributed by atoms with E-state index >= 15 is 0 Å². The summed E-state index contributed by atoms with van der Waals surface area (Å²) in [5.74, 6) is 16.0. The van der Waals surface area contributed by atoms with Gasteiger partial charge in [0, 0.05) is 36.2 Å². The first-order chi connectivity index (χ1) is 67.6. The van der Waals surface area contributed by atoms with Gasteiger partial charge >= 0.3 is 0 Å². The lowest BCUT2D eigenvalue weighted by Crippen LogP contribution is -2.54. The molecule has 0 heterocycles. The molecule has 0 spiro atoms. The van der Waals surface area contributed by atoms with Gasteiger partial charge in [-0.3, -0.25) is 0 Å². The summed E-state index contributed by atoms with van der Waals surface area (Å²) in [6, 6.07) is 88.7. The molecule has 10 aromatic rings. The molecular formula is C131H178O9. The van der Waals surface area contributed by atoms with Crippen LogP contribution in [0.3, 0.4) is 0 Å². The zero-order chi connectivity index (χ0) is 99.5. The van der Waals surface area contributed by atoms with Crippen LogP contribution in [-0.4, -0.2) is 54.5 Å². The van der Waals surface area contributed by atoms with E-state index in [9.17, 15) is 0 Å². The normalized spacial score (nSPS) is 22.5. The Balaban J connectivity index is 0.000000149. The second-order valence-electron chi connectivity index (χ2n) is 45.7. The Morgan fingerprint density at radius 3 is 1.05 bits per heavy atom. The van der Waals surface area contributed by atoms with Crippen LogP contribution in [-0.2, 0) is 19.6 Å². The van der Waals surface area contributed by atoms with Crippen LogP contribution in [0.15, 0.2) is 255 Å². The van der Waals surface area contributed by atoms with Crippen molar-refractivity contribution in [2.24, 2.45) is 64.1 Å². The maximum absolute atomic E-state index is 9.01. The Kier molecular flexibility index (Phi) is 40.5. The van der Waals surface area contributed by atoms with E-state index in [0.717, 1.165) is 109 Å². The molecule has 0 radical (unpaired) electrons. The Morgan fingerprint density at radius 2 is 0.686 bits per heavy atom. The molecule has 0 amide bonds. The number of phenols is 2. The standard InChI is InChI=1S/C40H40O2.C26H40O2.C23H34O2.C22H36O.2C10H14O/c1-4-29(2)30-23-25-33(26-24-30)42-39(27-40(3,31-15-7-5-8-16-31)32-17-9-6-10-18-32)41-28-38-36-21-13-11-19-34(36)35-20-12-14-22-37(35)38;1-6-17(2)20-7-9-23(10-8-20)27-24(16-26(3,4)5)28-25-21-12-18-11-19(14-21)15-22(25)13-18;1-4-16(3)20-6-8-21(9-7-20)25-22(24-5-2)23-13-17-10-18(14-23)12-19(11-17)15-23;1-5-18(4)19-12-14-21(15-13-19)23-22(16-11-17(2)3)20-9-7-6-8-10-20;2*1-3-8(2)9-4-6-10(11)7-5-9/h5-26,29,38-39H,4,27-28H2,1-3H3;7-10,17-19,21-22,24-25H,6,11-16H2,1-5H3;6-9,16-19,22H,4-5,10-15H2,1-3H3;12-15,17-18,20,22H,5-11,16H2,1-4H3;2*4-8,11H,3H2,1-2H3. The van der Waals surface area contributed by atoms with Crippen molar-refractivity contribution in [1.82, 2.24) is 0 Å². The van der Waals surface area contributed by atoms with E-state index < -0.39 is 6.29 Å². The zero-order valence-electron chi connectivity index (χ0n) is 89.4. The Bertz CT molecular complexity index is 5010. The molecule has 8 bridgehead atoms. The Labute approximate surface area is 847 Å². The van der Waals surface area contributed by atoms with Gasteiger partial charge in [-0.2, -0.15) is 0 Å². The number of hydrogen-bond acceptors (Lipinski definition) is 9. The van der Waals surface area contributed by atoms with Crippen molar-refractivity contribution in [2.75, 3.05) is 13.2 Å². The van der Waals surface area contributed by atoms with E-state index in [2.05, 4.69) is 338 Å². The summed E-state index contributed by atoms with van der Waals surface area (Å²) in [5.41, 5.74) is 16.0. The summed E-state index contributed by atoms with van der Waals surface area (Å²) in [6.07, 6.45) is 33.5. The van der Waals surface area contributed by atoms with Gasteiger partial charge in [0.15, 0.2) is 0 Å². The molecule has 9 heteroatoms. The maximum atomic E-state index is 9.01. The maximum Gasteiger partial charge on any atom is 0.205 e. The molecule has 9 nitrogen and oxygen atoms in total. The van der Waals surface area contributed by atoms with Crippen LogP contribution in [0.2, 0.25) is 0 Å². The molecule has 0 aliphatic heterocycles. The highest BCUT2D eigenvalue weighted by Crippen LogP contribution is 2.62. The summed E-state index contributed by atoms with van der Waals surface area (Å²) >= 11 is 0. The molecular weight excluding hydrogens is 1720 g/mol. The summed E-state index contributed by atoms with van der Waals surface area (Å²) < 4.78 is 46.0. The SMILES string of the molecule is CCC(C)c1ccc(O)cc1.CCC(C)c1ccc(O)cc1.CCC(C)c1ccc(OC(CC(C)(C)C)OC2C3CC4CC(C3)CC2C4)cc1.CCC(C)c1ccc(OC(CC(C)(c2ccccc2)c2ccccc2)OCC2c3ccccc3-c3ccccc32)cc1.CCC(C)c1ccc(OC(CCC(C)C)C2CCCCC2)cc1.CCOC(Oc1ccc(C(C)CC)cc1)C12CC3CC(CC(C3)C1)C2. The largest absolute Gasteiger partial charge is 0.508 e. The van der Waals surface area contributed by atoms with Crippen molar-refractivity contribution in [3.63, 3.8) is 0 Å². The first-order valence-corrected chi connectivity index (χ1v) is 55.4. The van der Waals surface area contributed by atoms with Crippen LogP contribution >= 0.6 is 0 Å². The lowest BCUT2D eigenvalue weighted by atomic mass is 9.49. The lowest BCUT2D eigenvalue weighted by Gasteiger charge is -2.58. The predicted octanol–water partition coefficient (Wildman–Crippen LogP) is 36.2. The highest BCUT2D eigenvalue weighted by molar-refractivity contribution is 5.78. The first kappa shape index (κ1) is 108. The van der Waals surface area contributed by atoms with Crippen LogP contribution in [0, 0.1) is 64.1 Å². The van der Waals surface area contributed by atoms with Crippen molar-refractivity contribution in [2.45, 2.75) is 376 Å². The van der Waals surface area contributed by atoms with Crippen molar-refractivity contribution in [1.29, 1.82) is 0 Å². The topological polar surface area (TPSA) is 105 Å². The molecule has 756 valence electrons. The molecule has 10 aromatic carbocycles. The van der Waals surface area contributed by atoms with Gasteiger partial charge in [-0.05, 0) is 376 Å². The predicted molar refractivity (Wildman–Crippen MR) is 584 cm³/mol. The second kappa shape index (κ2) is 52.4.